The van der Waals surface area contributed by atoms with Gasteiger partial charge in [-0.3, -0.25) is 4.98 Å². The van der Waals surface area contributed by atoms with E-state index in [0.29, 0.717) is 5.69 Å². The molecule has 0 saturated heterocycles. The molecule has 1 heterocycles. The molecular formula is C12H20N2O2. The van der Waals surface area contributed by atoms with E-state index in [2.05, 4.69) is 9.88 Å². The lowest BCUT2D eigenvalue weighted by molar-refractivity contribution is 0.277. The third kappa shape index (κ3) is 4.16. The van der Waals surface area contributed by atoms with E-state index in [4.69, 9.17) is 10.2 Å². The highest BCUT2D eigenvalue weighted by Crippen LogP contribution is 2.13. The molecule has 4 heteroatoms. The molecule has 1 rings (SSSR count). The Hall–Kier alpha value is -1.13. The van der Waals surface area contributed by atoms with Gasteiger partial charge in [-0.2, -0.15) is 0 Å². The smallest absolute Gasteiger partial charge is 0.0853 e. The van der Waals surface area contributed by atoms with Gasteiger partial charge in [0.15, 0.2) is 0 Å². The van der Waals surface area contributed by atoms with E-state index in [9.17, 15) is 0 Å². The van der Waals surface area contributed by atoms with Crippen LogP contribution in [0.2, 0.25) is 0 Å². The van der Waals surface area contributed by atoms with Crippen molar-refractivity contribution in [3.8, 4) is 0 Å². The molecule has 0 saturated carbocycles. The van der Waals surface area contributed by atoms with Crippen LogP contribution >= 0.6 is 0 Å². The summed E-state index contributed by atoms with van der Waals surface area (Å²) in [4.78, 5) is 6.18. The molecule has 0 atom stereocenters. The lowest BCUT2D eigenvalue weighted by Gasteiger charge is -2.19. The predicted molar refractivity (Wildman–Crippen MR) is 64.4 cm³/mol. The monoisotopic (exact) mass is 224 g/mol. The number of pyridine rings is 1. The molecule has 0 bridgehead atoms. The minimum Gasteiger partial charge on any atom is -0.396 e. The van der Waals surface area contributed by atoms with E-state index in [1.807, 2.05) is 19.2 Å². The van der Waals surface area contributed by atoms with Gasteiger partial charge in [0.2, 0.25) is 0 Å². The fourth-order valence-corrected chi connectivity index (χ4v) is 1.56. The Bertz CT molecular complexity index is 305. The lowest BCUT2D eigenvalue weighted by Crippen LogP contribution is -2.18. The lowest BCUT2D eigenvalue weighted by atomic mass is 10.2. The zero-order chi connectivity index (χ0) is 11.8. The number of aromatic nitrogens is 1. The number of nitrogens with zero attached hydrogens (tertiary/aromatic N) is 2. The minimum atomic E-state index is -0.0216. The van der Waals surface area contributed by atoms with Crippen LogP contribution in [-0.2, 0) is 6.61 Å². The first kappa shape index (κ1) is 12.9. The maximum absolute atomic E-state index is 8.98. The molecule has 4 nitrogen and oxygen atoms in total. The summed E-state index contributed by atoms with van der Waals surface area (Å²) in [6.45, 7) is 1.20. The standard InChI is InChI=1S/C12H20N2O2/c1-14(7-3-2-4-8-15)12-5-6-13-11(9-12)10-16/h5-6,9,15-16H,2-4,7-8,10H2,1H3. The van der Waals surface area contributed by atoms with Crippen LogP contribution in [0.25, 0.3) is 0 Å². The van der Waals surface area contributed by atoms with Crippen LogP contribution in [0.1, 0.15) is 25.0 Å². The van der Waals surface area contributed by atoms with Gasteiger partial charge in [0, 0.05) is 32.1 Å². The third-order valence-corrected chi connectivity index (χ3v) is 2.55. The Kier molecular flexibility index (Phi) is 5.82. The summed E-state index contributed by atoms with van der Waals surface area (Å²) < 4.78 is 0. The first-order valence-electron chi connectivity index (χ1n) is 5.65. The van der Waals surface area contributed by atoms with E-state index in [1.165, 1.54) is 0 Å². The maximum Gasteiger partial charge on any atom is 0.0853 e. The molecule has 1 aromatic rings. The van der Waals surface area contributed by atoms with Gasteiger partial charge < -0.3 is 15.1 Å². The fraction of sp³-hybridized carbons (Fsp3) is 0.583. The first-order valence-corrected chi connectivity index (χ1v) is 5.65. The number of unbranched alkanes of at least 4 members (excludes halogenated alkanes) is 2. The van der Waals surface area contributed by atoms with Crippen molar-refractivity contribution in [2.45, 2.75) is 25.9 Å². The number of aliphatic hydroxyl groups excluding tert-OH is 2. The van der Waals surface area contributed by atoms with E-state index in [-0.39, 0.29) is 13.2 Å². The largest absolute Gasteiger partial charge is 0.396 e. The summed E-state index contributed by atoms with van der Waals surface area (Å²) in [5.41, 5.74) is 1.77. The van der Waals surface area contributed by atoms with E-state index < -0.39 is 0 Å². The number of aliphatic hydroxyl groups is 2. The molecule has 2 N–H and O–H groups in total. The maximum atomic E-state index is 8.98. The highest BCUT2D eigenvalue weighted by molar-refractivity contribution is 5.45. The van der Waals surface area contributed by atoms with Gasteiger partial charge in [-0.05, 0) is 31.4 Å². The number of hydrogen-bond acceptors (Lipinski definition) is 4. The van der Waals surface area contributed by atoms with Gasteiger partial charge in [-0.1, -0.05) is 0 Å². The summed E-state index contributed by atoms with van der Waals surface area (Å²) in [5.74, 6) is 0. The molecule has 0 aliphatic heterocycles. The van der Waals surface area contributed by atoms with Crippen LogP contribution < -0.4 is 4.90 Å². The van der Waals surface area contributed by atoms with Crippen molar-refractivity contribution in [3.63, 3.8) is 0 Å². The van der Waals surface area contributed by atoms with E-state index in [0.717, 1.165) is 31.5 Å². The van der Waals surface area contributed by atoms with Gasteiger partial charge in [0.05, 0.1) is 12.3 Å². The summed E-state index contributed by atoms with van der Waals surface area (Å²) in [7, 11) is 2.02. The van der Waals surface area contributed by atoms with Crippen LogP contribution in [0, 0.1) is 0 Å². The number of hydrogen-bond donors (Lipinski definition) is 2. The Morgan fingerprint density at radius 3 is 2.75 bits per heavy atom. The van der Waals surface area contributed by atoms with Crippen molar-refractivity contribution in [2.24, 2.45) is 0 Å². The van der Waals surface area contributed by atoms with Crippen LogP contribution in [0.3, 0.4) is 0 Å². The van der Waals surface area contributed by atoms with Crippen molar-refractivity contribution < 1.29 is 10.2 Å². The molecule has 0 fully saturated rings. The second-order valence-corrected chi connectivity index (χ2v) is 3.87. The van der Waals surface area contributed by atoms with Gasteiger partial charge in [0.1, 0.15) is 0 Å². The van der Waals surface area contributed by atoms with Crippen LogP contribution in [0.15, 0.2) is 18.3 Å². The molecule has 0 aliphatic carbocycles. The minimum absolute atomic E-state index is 0.0216. The van der Waals surface area contributed by atoms with Gasteiger partial charge in [0.25, 0.3) is 0 Å². The van der Waals surface area contributed by atoms with Crippen molar-refractivity contribution in [3.05, 3.63) is 24.0 Å². The van der Waals surface area contributed by atoms with Crippen molar-refractivity contribution in [2.75, 3.05) is 25.1 Å². The molecule has 0 aromatic carbocycles. The topological polar surface area (TPSA) is 56.6 Å². The van der Waals surface area contributed by atoms with E-state index >= 15 is 0 Å². The summed E-state index contributed by atoms with van der Waals surface area (Å²) >= 11 is 0. The van der Waals surface area contributed by atoms with Crippen molar-refractivity contribution in [1.82, 2.24) is 4.98 Å². The van der Waals surface area contributed by atoms with Gasteiger partial charge in [-0.25, -0.2) is 0 Å². The van der Waals surface area contributed by atoms with E-state index in [1.54, 1.807) is 6.20 Å². The zero-order valence-electron chi connectivity index (χ0n) is 9.76. The highest BCUT2D eigenvalue weighted by atomic mass is 16.3. The molecule has 0 unspecified atom stereocenters. The van der Waals surface area contributed by atoms with Gasteiger partial charge in [-0.15, -0.1) is 0 Å². The summed E-state index contributed by atoms with van der Waals surface area (Å²) in [6, 6.07) is 3.83. The average Bonchev–Trinajstić information content (AvgIpc) is 2.34. The first-order chi connectivity index (χ1) is 7.77. The zero-order valence-corrected chi connectivity index (χ0v) is 9.76. The van der Waals surface area contributed by atoms with Crippen molar-refractivity contribution >= 4 is 5.69 Å². The fourth-order valence-electron chi connectivity index (χ4n) is 1.56. The van der Waals surface area contributed by atoms with Crippen LogP contribution in [-0.4, -0.2) is 35.4 Å². The normalized spacial score (nSPS) is 10.4. The Morgan fingerprint density at radius 2 is 2.06 bits per heavy atom. The Morgan fingerprint density at radius 1 is 1.25 bits per heavy atom. The molecule has 0 aliphatic rings. The van der Waals surface area contributed by atoms with Crippen LogP contribution in [0.5, 0.6) is 0 Å². The third-order valence-electron chi connectivity index (χ3n) is 2.55. The Labute approximate surface area is 96.6 Å². The SMILES string of the molecule is CN(CCCCCO)c1ccnc(CO)c1. The van der Waals surface area contributed by atoms with Crippen LogP contribution in [0.4, 0.5) is 5.69 Å². The number of anilines is 1. The van der Waals surface area contributed by atoms with Crippen molar-refractivity contribution in [1.29, 1.82) is 0 Å². The number of rotatable bonds is 7. The second kappa shape index (κ2) is 7.19. The molecular weight excluding hydrogens is 204 g/mol. The molecule has 90 valence electrons. The Balaban J connectivity index is 2.42. The molecule has 0 spiro atoms. The van der Waals surface area contributed by atoms with Gasteiger partial charge >= 0.3 is 0 Å². The molecule has 0 radical (unpaired) electrons. The molecule has 16 heavy (non-hydrogen) atoms. The summed E-state index contributed by atoms with van der Waals surface area (Å²) in [6.07, 6.45) is 4.68. The predicted octanol–water partition coefficient (Wildman–Crippen LogP) is 1.17. The average molecular weight is 224 g/mol. The molecule has 1 aromatic heterocycles. The molecule has 0 amide bonds. The summed E-state index contributed by atoms with van der Waals surface area (Å²) in [5, 5.41) is 17.6. The quantitative estimate of drug-likeness (QED) is 0.683. The second-order valence-electron chi connectivity index (χ2n) is 3.87. The highest BCUT2D eigenvalue weighted by Gasteiger charge is 2.01.